The average molecular weight is 672 g/mol. The van der Waals surface area contributed by atoms with Crippen molar-refractivity contribution in [2.45, 2.75) is 18.0 Å². The smallest absolute Gasteiger partial charge is 0.480 e. The van der Waals surface area contributed by atoms with Crippen LogP contribution in [-0.4, -0.2) is 78.5 Å². The summed E-state index contributed by atoms with van der Waals surface area (Å²) in [5.41, 5.74) is -1.88. The Hall–Kier alpha value is -3.36. The number of carbonyl (C=O) groups is 1. The molecule has 0 aliphatic carbocycles. The average Bonchev–Trinajstić information content (AvgIpc) is 3.34. The quantitative estimate of drug-likeness (QED) is 0.173. The predicted octanol–water partition coefficient (Wildman–Crippen LogP) is 5.60. The number of hydrogen-bond acceptors (Lipinski definition) is 6. The first-order chi connectivity index (χ1) is 20.8. The topological polar surface area (TPSA) is 105 Å². The van der Waals surface area contributed by atoms with Crippen LogP contribution in [0.25, 0.3) is 10.9 Å². The molecule has 0 spiro atoms. The van der Waals surface area contributed by atoms with Crippen molar-refractivity contribution in [1.29, 1.82) is 0 Å². The summed E-state index contributed by atoms with van der Waals surface area (Å²) in [4.78, 5) is 12.6. The lowest BCUT2D eigenvalue weighted by molar-refractivity contribution is -0.142. The van der Waals surface area contributed by atoms with Crippen molar-refractivity contribution in [3.05, 3.63) is 93.5 Å². The monoisotopic (exact) mass is 670 g/mol. The van der Waals surface area contributed by atoms with Crippen molar-refractivity contribution in [2.24, 2.45) is 0 Å². The highest BCUT2D eigenvalue weighted by molar-refractivity contribution is 7.90. The van der Waals surface area contributed by atoms with Crippen LogP contribution < -0.4 is 4.90 Å². The summed E-state index contributed by atoms with van der Waals surface area (Å²) < 4.78 is 70.8. The summed E-state index contributed by atoms with van der Waals surface area (Å²) in [6, 6.07) is 20.7. The number of aliphatic carboxylic acids is 1. The molecule has 0 saturated carbocycles. The Morgan fingerprint density at radius 2 is 1.45 bits per heavy atom. The Labute approximate surface area is 261 Å². The van der Waals surface area contributed by atoms with E-state index in [9.17, 15) is 26.4 Å². The zero-order valence-electron chi connectivity index (χ0n) is 23.0. The number of ether oxygens (including phenoxy) is 1. The third-order valence-electron chi connectivity index (χ3n) is 7.34. The fourth-order valence-electron chi connectivity index (χ4n) is 5.25. The maximum absolute atomic E-state index is 13.2. The minimum atomic E-state index is -5.45. The van der Waals surface area contributed by atoms with Crippen LogP contribution in [0.4, 0.5) is 19.0 Å². The van der Waals surface area contributed by atoms with Gasteiger partial charge in [-0.15, -0.1) is 0 Å². The Morgan fingerprint density at radius 1 is 0.909 bits per heavy atom. The molecule has 1 aliphatic heterocycles. The lowest BCUT2D eigenvalue weighted by Crippen LogP contribution is -2.52. The van der Waals surface area contributed by atoms with Crippen LogP contribution in [0.5, 0.6) is 0 Å². The van der Waals surface area contributed by atoms with Gasteiger partial charge in [-0.1, -0.05) is 53.5 Å². The molecule has 9 nitrogen and oxygen atoms in total. The van der Waals surface area contributed by atoms with Crippen molar-refractivity contribution >= 4 is 55.9 Å². The molecule has 5 rings (SSSR count). The Morgan fingerprint density at radius 3 is 1.98 bits per heavy atom. The maximum Gasteiger partial charge on any atom is 0.511 e. The number of nitrogens with zero attached hydrogens (tertiary/aromatic N) is 4. The molecule has 2 heterocycles. The number of alkyl halides is 3. The van der Waals surface area contributed by atoms with E-state index >= 15 is 0 Å². The van der Waals surface area contributed by atoms with E-state index in [0.29, 0.717) is 31.1 Å². The normalized spacial score (nSPS) is 14.9. The van der Waals surface area contributed by atoms with E-state index in [4.69, 9.17) is 38.1 Å². The SMILES string of the molecule is O=C(O)COCCn1nc(N2CCN(S(=O)(=O)C(F)(F)F)CC2)c2cc(C(c3ccc(Cl)cc3)c3ccc(Cl)cc3)ccc21. The Kier molecular flexibility index (Phi) is 9.42. The van der Waals surface area contributed by atoms with Crippen molar-refractivity contribution in [3.8, 4) is 0 Å². The van der Waals surface area contributed by atoms with Gasteiger partial charge in [0, 0.05) is 47.5 Å². The molecule has 1 saturated heterocycles. The van der Waals surface area contributed by atoms with Gasteiger partial charge in [-0.05, 0) is 53.1 Å². The van der Waals surface area contributed by atoms with Gasteiger partial charge in [0.25, 0.3) is 0 Å². The summed E-state index contributed by atoms with van der Waals surface area (Å²) in [6.45, 7) is -0.970. The molecule has 1 aliphatic rings. The number of rotatable bonds is 10. The van der Waals surface area contributed by atoms with Crippen molar-refractivity contribution < 1.29 is 36.2 Å². The molecule has 0 amide bonds. The van der Waals surface area contributed by atoms with Crippen LogP contribution in [0.1, 0.15) is 22.6 Å². The van der Waals surface area contributed by atoms with Gasteiger partial charge in [0.1, 0.15) is 6.61 Å². The van der Waals surface area contributed by atoms with E-state index in [1.807, 2.05) is 42.5 Å². The highest BCUT2D eigenvalue weighted by atomic mass is 35.5. The van der Waals surface area contributed by atoms with E-state index in [-0.39, 0.29) is 45.2 Å². The van der Waals surface area contributed by atoms with Crippen molar-refractivity contribution in [2.75, 3.05) is 44.3 Å². The van der Waals surface area contributed by atoms with Crippen LogP contribution >= 0.6 is 23.2 Å². The summed E-state index contributed by atoms with van der Waals surface area (Å²) in [5, 5.41) is 15.5. The largest absolute Gasteiger partial charge is 0.511 e. The molecular weight excluding hydrogens is 644 g/mol. The molecule has 1 fully saturated rings. The molecule has 4 aromatic rings. The summed E-state index contributed by atoms with van der Waals surface area (Å²) in [6.07, 6.45) is 0. The second kappa shape index (κ2) is 12.9. The highest BCUT2D eigenvalue weighted by Crippen LogP contribution is 2.37. The molecule has 0 radical (unpaired) electrons. The Bertz CT molecular complexity index is 1700. The molecule has 0 bridgehead atoms. The number of halogens is 5. The third kappa shape index (κ3) is 6.81. The summed E-state index contributed by atoms with van der Waals surface area (Å²) >= 11 is 12.3. The fraction of sp³-hybridized carbons (Fsp3) is 0.310. The number of hydrogen-bond donors (Lipinski definition) is 1. The first-order valence-corrected chi connectivity index (χ1v) is 15.7. The van der Waals surface area contributed by atoms with E-state index < -0.39 is 28.1 Å². The number of anilines is 1. The fourth-order valence-corrected chi connectivity index (χ4v) is 6.44. The second-order valence-corrected chi connectivity index (χ2v) is 12.9. The van der Waals surface area contributed by atoms with Gasteiger partial charge in [0.2, 0.25) is 0 Å². The highest BCUT2D eigenvalue weighted by Gasteiger charge is 2.50. The van der Waals surface area contributed by atoms with Crippen LogP contribution in [-0.2, 0) is 26.1 Å². The second-order valence-electron chi connectivity index (χ2n) is 10.1. The molecule has 15 heteroatoms. The zero-order chi connectivity index (χ0) is 31.6. The molecule has 1 aromatic heterocycles. The predicted molar refractivity (Wildman–Crippen MR) is 161 cm³/mol. The lowest BCUT2D eigenvalue weighted by Gasteiger charge is -2.34. The molecular formula is C29H27Cl2F3N4O5S. The van der Waals surface area contributed by atoms with Gasteiger partial charge in [0.05, 0.1) is 18.7 Å². The Balaban J connectivity index is 1.54. The number of fused-ring (bicyclic) bond motifs is 1. The van der Waals surface area contributed by atoms with Gasteiger partial charge < -0.3 is 14.7 Å². The van der Waals surface area contributed by atoms with E-state index in [0.717, 1.165) is 16.7 Å². The van der Waals surface area contributed by atoms with Gasteiger partial charge in [0.15, 0.2) is 5.82 Å². The van der Waals surface area contributed by atoms with E-state index in [2.05, 4.69) is 0 Å². The lowest BCUT2D eigenvalue weighted by atomic mass is 9.85. The van der Waals surface area contributed by atoms with Crippen LogP contribution in [0.2, 0.25) is 10.0 Å². The molecule has 3 aromatic carbocycles. The first-order valence-electron chi connectivity index (χ1n) is 13.5. The van der Waals surface area contributed by atoms with E-state index in [1.54, 1.807) is 33.8 Å². The van der Waals surface area contributed by atoms with Crippen LogP contribution in [0.15, 0.2) is 66.7 Å². The maximum atomic E-state index is 13.2. The number of benzene rings is 3. The number of carboxylic acids is 1. The van der Waals surface area contributed by atoms with Gasteiger partial charge in [-0.2, -0.15) is 22.6 Å². The van der Waals surface area contributed by atoms with Crippen LogP contribution in [0, 0.1) is 0 Å². The van der Waals surface area contributed by atoms with Gasteiger partial charge in [-0.25, -0.2) is 13.2 Å². The summed E-state index contributed by atoms with van der Waals surface area (Å²) in [7, 11) is -5.45. The molecule has 44 heavy (non-hydrogen) atoms. The van der Waals surface area contributed by atoms with Crippen molar-refractivity contribution in [3.63, 3.8) is 0 Å². The third-order valence-corrected chi connectivity index (χ3v) is 9.47. The first kappa shape index (κ1) is 32.0. The number of piperazine rings is 1. The number of carboxylic acid groups (broad SMARTS) is 1. The number of aromatic nitrogens is 2. The van der Waals surface area contributed by atoms with Crippen molar-refractivity contribution in [1.82, 2.24) is 14.1 Å². The minimum Gasteiger partial charge on any atom is -0.480 e. The van der Waals surface area contributed by atoms with Gasteiger partial charge in [-0.3, -0.25) is 4.68 Å². The minimum absolute atomic E-state index is 0.0149. The molecule has 1 N–H and O–H groups in total. The molecule has 234 valence electrons. The van der Waals surface area contributed by atoms with Crippen LogP contribution in [0.3, 0.4) is 0 Å². The standard InChI is InChI=1S/C29H27Cl2F3N4O5S/c30-22-6-1-19(2-7-22)27(20-3-8-23(31)9-4-20)21-5-10-25-24(17-21)28(35-38(25)15-16-43-18-26(39)40)36-11-13-37(14-12-36)44(41,42)29(32,33)34/h1-10,17,27H,11-16,18H2,(H,39,40). The van der Waals surface area contributed by atoms with E-state index in [1.165, 1.54) is 0 Å². The molecule has 0 unspecified atom stereocenters. The zero-order valence-corrected chi connectivity index (χ0v) is 25.4. The summed E-state index contributed by atoms with van der Waals surface area (Å²) in [5.74, 6) is -0.879. The number of sulfonamides is 1. The van der Waals surface area contributed by atoms with Gasteiger partial charge >= 0.3 is 21.5 Å². The molecule has 0 atom stereocenters.